The van der Waals surface area contributed by atoms with Gasteiger partial charge in [-0.15, -0.1) is 11.3 Å². The first-order chi connectivity index (χ1) is 19.2. The van der Waals surface area contributed by atoms with Gasteiger partial charge in [0.05, 0.1) is 17.3 Å². The van der Waals surface area contributed by atoms with E-state index in [0.29, 0.717) is 16.9 Å². The van der Waals surface area contributed by atoms with Crippen LogP contribution in [0.25, 0.3) is 17.3 Å². The minimum absolute atomic E-state index is 0.0579. The van der Waals surface area contributed by atoms with Gasteiger partial charge < -0.3 is 14.8 Å². The predicted octanol–water partition coefficient (Wildman–Crippen LogP) is 4.52. The first-order valence-electron chi connectivity index (χ1n) is 12.2. The molecule has 10 heteroatoms. The fourth-order valence-corrected chi connectivity index (χ4v) is 5.09. The van der Waals surface area contributed by atoms with Gasteiger partial charge in [0.2, 0.25) is 0 Å². The number of ether oxygens (including phenoxy) is 2. The minimum Gasteiger partial charge on any atom is -0.493 e. The van der Waals surface area contributed by atoms with Crippen LogP contribution >= 0.6 is 11.3 Å². The second-order valence-electron chi connectivity index (χ2n) is 8.68. The molecule has 4 rings (SSSR count). The number of carbonyl (C=O) groups is 1. The third kappa shape index (κ3) is 6.27. The highest BCUT2D eigenvalue weighted by Gasteiger charge is 2.18. The van der Waals surface area contributed by atoms with Crippen molar-refractivity contribution in [1.82, 2.24) is 4.57 Å². The summed E-state index contributed by atoms with van der Waals surface area (Å²) in [5.41, 5.74) is 2.76. The summed E-state index contributed by atoms with van der Waals surface area (Å²) in [5, 5.41) is 12.8. The van der Waals surface area contributed by atoms with Gasteiger partial charge in [-0.3, -0.25) is 14.2 Å². The molecule has 0 radical (unpaired) electrons. The molecule has 1 heterocycles. The molecule has 3 aromatic carbocycles. The van der Waals surface area contributed by atoms with E-state index in [4.69, 9.17) is 4.74 Å². The quantitative estimate of drug-likeness (QED) is 0.342. The maximum Gasteiger partial charge on any atom is 0.387 e. The first kappa shape index (κ1) is 28.3. The van der Waals surface area contributed by atoms with Crippen molar-refractivity contribution in [2.45, 2.75) is 26.9 Å². The lowest BCUT2D eigenvalue weighted by molar-refractivity contribution is -0.111. The zero-order valence-electron chi connectivity index (χ0n) is 21.9. The summed E-state index contributed by atoms with van der Waals surface area (Å²) < 4.78 is 36.8. The Bertz CT molecular complexity index is 1770. The second kappa shape index (κ2) is 12.4. The number of rotatable bonds is 8. The van der Waals surface area contributed by atoms with Gasteiger partial charge in [-0.2, -0.15) is 14.0 Å². The van der Waals surface area contributed by atoms with Gasteiger partial charge >= 0.3 is 6.61 Å². The molecule has 0 spiro atoms. The van der Waals surface area contributed by atoms with Crippen LogP contribution < -0.4 is 29.5 Å². The Hall–Kier alpha value is -4.75. The number of amides is 1. The van der Waals surface area contributed by atoms with Crippen molar-refractivity contribution >= 4 is 34.6 Å². The lowest BCUT2D eigenvalue weighted by Crippen LogP contribution is -2.32. The van der Waals surface area contributed by atoms with Crippen LogP contribution in [0, 0.1) is 18.3 Å². The zero-order chi connectivity index (χ0) is 28.8. The number of aromatic nitrogens is 1. The van der Waals surface area contributed by atoms with Crippen molar-refractivity contribution in [2.75, 3.05) is 12.4 Å². The van der Waals surface area contributed by atoms with Crippen molar-refractivity contribution in [3.05, 3.63) is 103 Å². The van der Waals surface area contributed by atoms with E-state index in [2.05, 4.69) is 10.1 Å². The Kier molecular flexibility index (Phi) is 8.76. The summed E-state index contributed by atoms with van der Waals surface area (Å²) in [6.07, 6.45) is 2.38. The van der Waals surface area contributed by atoms with Crippen molar-refractivity contribution in [3.63, 3.8) is 0 Å². The van der Waals surface area contributed by atoms with Crippen molar-refractivity contribution in [3.8, 4) is 23.3 Å². The Labute approximate surface area is 232 Å². The van der Waals surface area contributed by atoms with Crippen molar-refractivity contribution < 1.29 is 23.0 Å². The van der Waals surface area contributed by atoms with Crippen LogP contribution in [-0.4, -0.2) is 24.2 Å². The van der Waals surface area contributed by atoms with E-state index in [1.165, 1.54) is 36.0 Å². The number of aryl methyl sites for hydroxylation is 2. The number of alkyl halides is 2. The van der Waals surface area contributed by atoms with Gasteiger partial charge in [0.25, 0.3) is 11.5 Å². The summed E-state index contributed by atoms with van der Waals surface area (Å²) in [6.45, 7) is 0.859. The van der Waals surface area contributed by atoms with Gasteiger partial charge in [0.1, 0.15) is 10.7 Å². The topological polar surface area (TPSA) is 93.4 Å². The molecule has 0 unspecified atom stereocenters. The van der Waals surface area contributed by atoms with E-state index in [1.807, 2.05) is 38.1 Å². The lowest BCUT2D eigenvalue weighted by Gasteiger charge is -2.09. The van der Waals surface area contributed by atoms with Crippen molar-refractivity contribution in [1.29, 1.82) is 5.26 Å². The third-order valence-electron chi connectivity index (χ3n) is 5.96. The lowest BCUT2D eigenvalue weighted by atomic mass is 10.1. The molecule has 0 fully saturated rings. The number of nitriles is 1. The summed E-state index contributed by atoms with van der Waals surface area (Å²) in [5.74, 6) is -0.749. The van der Waals surface area contributed by atoms with E-state index >= 15 is 0 Å². The standard InChI is InChI=1S/C30H25F2N3O4S/c1-4-19-8-11-21(12-9-19)34-27(36)23(17-33)29-35(22-7-5-6-18(2)14-22)28(37)26(40-29)16-20-10-13-24(39-30(31)32)25(15-20)38-3/h5-16,30H,4H2,1-3H3,(H,34,36)/b26-16-,29-23-. The van der Waals surface area contributed by atoms with Crippen LogP contribution in [0.2, 0.25) is 0 Å². The second-order valence-corrected chi connectivity index (χ2v) is 9.71. The fourth-order valence-electron chi connectivity index (χ4n) is 3.98. The Morgan fingerprint density at radius 2 is 1.88 bits per heavy atom. The molecular weight excluding hydrogens is 536 g/mol. The molecule has 1 aromatic heterocycles. The molecule has 0 saturated heterocycles. The number of halogens is 2. The highest BCUT2D eigenvalue weighted by atomic mass is 32.1. The Morgan fingerprint density at radius 3 is 2.50 bits per heavy atom. The number of hydrogen-bond donors (Lipinski definition) is 1. The highest BCUT2D eigenvalue weighted by Crippen LogP contribution is 2.29. The van der Waals surface area contributed by atoms with Gasteiger partial charge in [0, 0.05) is 5.69 Å². The average molecular weight is 562 g/mol. The molecule has 0 atom stereocenters. The number of thiazole rings is 1. The largest absolute Gasteiger partial charge is 0.493 e. The molecular formula is C30H25F2N3O4S. The number of nitrogens with zero attached hydrogens (tertiary/aromatic N) is 2. The first-order valence-corrected chi connectivity index (χ1v) is 13.0. The zero-order valence-corrected chi connectivity index (χ0v) is 22.7. The molecule has 7 nitrogen and oxygen atoms in total. The number of hydrogen-bond acceptors (Lipinski definition) is 6. The van der Waals surface area contributed by atoms with Crippen LogP contribution in [0.5, 0.6) is 11.5 Å². The van der Waals surface area contributed by atoms with E-state index in [1.54, 1.807) is 30.3 Å². The van der Waals surface area contributed by atoms with E-state index < -0.39 is 18.1 Å². The SMILES string of the molecule is CCc1ccc(NC(=O)/C(C#N)=c2\s/c(=C\c3ccc(OC(F)F)c(OC)c3)c(=O)n2-c2cccc(C)c2)cc1. The summed E-state index contributed by atoms with van der Waals surface area (Å²) in [7, 11) is 1.31. The van der Waals surface area contributed by atoms with Crippen molar-refractivity contribution in [2.24, 2.45) is 0 Å². The monoisotopic (exact) mass is 561 g/mol. The number of benzene rings is 3. The summed E-state index contributed by atoms with van der Waals surface area (Å²) in [4.78, 5) is 26.9. The minimum atomic E-state index is -3.03. The predicted molar refractivity (Wildman–Crippen MR) is 151 cm³/mol. The Balaban J connectivity index is 1.90. The van der Waals surface area contributed by atoms with Gasteiger partial charge in [-0.25, -0.2) is 0 Å². The molecule has 0 aliphatic carbocycles. The van der Waals surface area contributed by atoms with Gasteiger partial charge in [-0.05, 0) is 72.5 Å². The fraction of sp³-hybridized carbons (Fsp3) is 0.167. The van der Waals surface area contributed by atoms with E-state index in [9.17, 15) is 23.6 Å². The summed E-state index contributed by atoms with van der Waals surface area (Å²) >= 11 is 0.970. The van der Waals surface area contributed by atoms with Crippen LogP contribution in [0.3, 0.4) is 0 Å². The van der Waals surface area contributed by atoms with Crippen LogP contribution in [0.1, 0.15) is 23.6 Å². The number of nitrogens with one attached hydrogen (secondary N) is 1. The molecule has 1 N–H and O–H groups in total. The maximum atomic E-state index is 13.7. The van der Waals surface area contributed by atoms with E-state index in [0.717, 1.165) is 28.9 Å². The highest BCUT2D eigenvalue weighted by molar-refractivity contribution is 7.07. The van der Waals surface area contributed by atoms with Gasteiger partial charge in [0.15, 0.2) is 17.1 Å². The van der Waals surface area contributed by atoms with Crippen LogP contribution in [-0.2, 0) is 11.2 Å². The molecule has 0 aliphatic rings. The smallest absolute Gasteiger partial charge is 0.387 e. The molecule has 1 amide bonds. The number of carbonyl (C=O) groups excluding carboxylic acids is 1. The normalized spacial score (nSPS) is 12.2. The number of anilines is 1. The molecule has 40 heavy (non-hydrogen) atoms. The molecule has 0 bridgehead atoms. The third-order valence-corrected chi connectivity index (χ3v) is 7.05. The van der Waals surface area contributed by atoms with Crippen LogP contribution in [0.15, 0.2) is 71.5 Å². The molecule has 204 valence electrons. The summed E-state index contributed by atoms with van der Waals surface area (Å²) in [6, 6.07) is 20.6. The maximum absolute atomic E-state index is 13.7. The average Bonchev–Trinajstić information content (AvgIpc) is 3.25. The Morgan fingerprint density at radius 1 is 1.12 bits per heavy atom. The number of methoxy groups -OCH3 is 1. The molecule has 4 aromatic rings. The molecule has 0 aliphatic heterocycles. The molecule has 0 saturated carbocycles. The van der Waals surface area contributed by atoms with Crippen LogP contribution in [0.4, 0.5) is 14.5 Å². The van der Waals surface area contributed by atoms with Gasteiger partial charge in [-0.1, -0.05) is 37.3 Å². The van der Waals surface area contributed by atoms with E-state index in [-0.39, 0.29) is 26.3 Å².